The van der Waals surface area contributed by atoms with E-state index in [1.165, 1.54) is 0 Å². The van der Waals surface area contributed by atoms with Crippen molar-refractivity contribution in [2.45, 2.75) is 55.5 Å². The molecule has 5 atom stereocenters. The maximum atomic E-state index is 12.4. The van der Waals surface area contributed by atoms with E-state index in [4.69, 9.17) is 10.2 Å². The third-order valence-corrected chi connectivity index (χ3v) is 4.71. The zero-order valence-corrected chi connectivity index (χ0v) is 13.9. The molecule has 0 amide bonds. The second kappa shape index (κ2) is 6.60. The van der Waals surface area contributed by atoms with E-state index in [-0.39, 0.29) is 0 Å². The smallest absolute Gasteiger partial charge is 0.302 e. The molecule has 1 saturated heterocycles. The van der Waals surface area contributed by atoms with Crippen LogP contribution in [-0.4, -0.2) is 73.2 Å². The number of ketones is 3. The molecule has 0 bridgehead atoms. The van der Waals surface area contributed by atoms with Gasteiger partial charge >= 0.3 is 5.97 Å². The molecule has 3 N–H and O–H groups in total. The quantitative estimate of drug-likeness (QED) is 0.365. The van der Waals surface area contributed by atoms with Crippen molar-refractivity contribution in [1.29, 1.82) is 0 Å². The average molecular weight is 415 g/mol. The number of carbonyl (C=O) groups excluding carboxylic acids is 4. The zero-order chi connectivity index (χ0) is 21.9. The molecule has 0 aromatic rings. The molecule has 0 saturated carbocycles. The molecule has 1 heterocycles. The van der Waals surface area contributed by atoms with Crippen molar-refractivity contribution in [3.05, 3.63) is 0 Å². The van der Waals surface area contributed by atoms with Crippen LogP contribution in [0.25, 0.3) is 0 Å². The number of hydrogen-bond donors (Lipinski definition) is 3. The summed E-state index contributed by atoms with van der Waals surface area (Å²) in [7, 11) is 0. The molecule has 1 aliphatic heterocycles. The Balaban J connectivity index is 3.74. The van der Waals surface area contributed by atoms with Gasteiger partial charge in [0, 0.05) is 12.4 Å². The largest absolute Gasteiger partial charge is 0.463 e. The molecule has 1 aliphatic rings. The van der Waals surface area contributed by atoms with Crippen LogP contribution in [0.4, 0.5) is 0 Å². The molecule has 1 unspecified atom stereocenters. The number of hydrogen-bond acceptors (Lipinski definition) is 9. The van der Waals surface area contributed by atoms with Gasteiger partial charge in [-0.3, -0.25) is 19.2 Å². The number of carbonyl (C=O) groups is 4. The number of halogens is 1. The monoisotopic (exact) mass is 414 g/mol. The number of esters is 1. The van der Waals surface area contributed by atoms with E-state index in [0.717, 1.165) is 0 Å². The predicted octanol–water partition coefficient (Wildman–Crippen LogP) is -1.37. The summed E-state index contributed by atoms with van der Waals surface area (Å²) < 4.78 is 38.3. The van der Waals surface area contributed by atoms with Gasteiger partial charge in [0.15, 0.2) is 33.6 Å². The first kappa shape index (κ1) is 15.1. The minimum Gasteiger partial charge on any atom is -0.463 e. The molecule has 0 aromatic carbocycles. The SMILES string of the molecule is [2H]CC(=O)OC[C@H]1OC(Br)[C@@](O)(C(=O)C[2H])[C@](O)(C(=O)C[2H])[C@@]1(O)C(=O)C[2H]. The van der Waals surface area contributed by atoms with E-state index in [1.807, 2.05) is 0 Å². The van der Waals surface area contributed by atoms with Gasteiger partial charge in [0.2, 0.25) is 5.60 Å². The molecule has 1 fully saturated rings. The van der Waals surface area contributed by atoms with Crippen LogP contribution in [0.2, 0.25) is 0 Å². The molecule has 10 heteroatoms. The van der Waals surface area contributed by atoms with Gasteiger partial charge in [0.05, 0.1) is 0 Å². The first-order valence-corrected chi connectivity index (χ1v) is 7.24. The number of ether oxygens (including phenoxy) is 2. The van der Waals surface area contributed by atoms with Gasteiger partial charge in [-0.2, -0.15) is 0 Å². The Bertz CT molecular complexity index is 665. The fourth-order valence-electron chi connectivity index (χ4n) is 2.49. The van der Waals surface area contributed by atoms with Crippen LogP contribution in [0.3, 0.4) is 0 Å². The van der Waals surface area contributed by atoms with Crippen molar-refractivity contribution in [2.24, 2.45) is 0 Å². The molecule has 1 rings (SSSR count). The molecule has 0 radical (unpaired) electrons. The molecule has 136 valence electrons. The number of alkyl halides is 1. The molecular formula is C14H19BrO9. The minimum atomic E-state index is -3.69. The number of rotatable bonds is 5. The highest BCUT2D eigenvalue weighted by Gasteiger charge is 2.77. The lowest BCUT2D eigenvalue weighted by molar-refractivity contribution is -0.305. The van der Waals surface area contributed by atoms with Gasteiger partial charge in [0.1, 0.15) is 12.7 Å². The summed E-state index contributed by atoms with van der Waals surface area (Å²) in [6.07, 6.45) is -2.05. The lowest BCUT2D eigenvalue weighted by Gasteiger charge is -2.56. The standard InChI is InChI=1S/C14H19BrO9/c1-6(16)12(20)10(5-23-9(4)19)24-11(15)13(21,7(2)17)14(12,22)8(3)18/h10-11,20-22H,5H2,1-4H3/t10-,11?,12-,13+,14+/m1/s1/i1D,2D,3D,4D. The van der Waals surface area contributed by atoms with E-state index in [2.05, 4.69) is 20.7 Å². The average Bonchev–Trinajstić information content (AvgIpc) is 2.70. The van der Waals surface area contributed by atoms with Gasteiger partial charge in [-0.15, -0.1) is 0 Å². The summed E-state index contributed by atoms with van der Waals surface area (Å²) in [5.74, 6) is -5.87. The zero-order valence-electron chi connectivity index (χ0n) is 16.4. The Labute approximate surface area is 151 Å². The number of aliphatic hydroxyl groups is 3. The van der Waals surface area contributed by atoms with Gasteiger partial charge in [0.25, 0.3) is 0 Å². The highest BCUT2D eigenvalue weighted by atomic mass is 79.9. The maximum Gasteiger partial charge on any atom is 0.302 e. The predicted molar refractivity (Wildman–Crippen MR) is 81.1 cm³/mol. The van der Waals surface area contributed by atoms with Crippen LogP contribution in [-0.2, 0) is 28.7 Å². The van der Waals surface area contributed by atoms with Gasteiger partial charge in [-0.25, -0.2) is 0 Å². The second-order valence-electron chi connectivity index (χ2n) is 5.14. The summed E-state index contributed by atoms with van der Waals surface area (Å²) in [4.78, 5) is 48.4. The van der Waals surface area contributed by atoms with Crippen LogP contribution in [0.15, 0.2) is 0 Å². The summed E-state index contributed by atoms with van der Waals surface area (Å²) in [6, 6.07) is 0. The minimum absolute atomic E-state index is 0.841. The van der Waals surface area contributed by atoms with Crippen molar-refractivity contribution < 1.29 is 49.5 Å². The second-order valence-corrected chi connectivity index (χ2v) is 5.97. The maximum absolute atomic E-state index is 12.4. The summed E-state index contributed by atoms with van der Waals surface area (Å²) >= 11 is 2.72. The van der Waals surface area contributed by atoms with E-state index in [1.54, 1.807) is 0 Å². The van der Waals surface area contributed by atoms with Crippen LogP contribution in [0.1, 0.15) is 33.1 Å². The lowest BCUT2D eigenvalue weighted by atomic mass is 9.62. The van der Waals surface area contributed by atoms with E-state index in [9.17, 15) is 34.5 Å². The van der Waals surface area contributed by atoms with Crippen LogP contribution in [0, 0.1) is 0 Å². The van der Waals surface area contributed by atoms with Crippen molar-refractivity contribution in [1.82, 2.24) is 0 Å². The fraction of sp³-hybridized carbons (Fsp3) is 0.714. The highest BCUT2D eigenvalue weighted by Crippen LogP contribution is 2.48. The highest BCUT2D eigenvalue weighted by molar-refractivity contribution is 9.09. The number of Topliss-reactive ketones (excluding diaryl/α,β-unsaturated/α-hetero) is 3. The Hall–Kier alpha value is -1.20. The van der Waals surface area contributed by atoms with Crippen LogP contribution in [0.5, 0.6) is 0 Å². The third kappa shape index (κ3) is 2.62. The fourth-order valence-corrected chi connectivity index (χ4v) is 3.34. The first-order valence-electron chi connectivity index (χ1n) is 9.15. The summed E-state index contributed by atoms with van der Waals surface area (Å²) in [5, 5.41) is 31.0. The normalized spacial score (nSPS) is 41.3. The van der Waals surface area contributed by atoms with E-state index >= 15 is 0 Å². The van der Waals surface area contributed by atoms with Gasteiger partial charge in [-0.05, 0) is 20.7 Å². The Kier molecular flexibility index (Phi) is 4.15. The van der Waals surface area contributed by atoms with Gasteiger partial charge in [-0.1, -0.05) is 15.9 Å². The van der Waals surface area contributed by atoms with Gasteiger partial charge < -0.3 is 24.8 Å². The Morgan fingerprint density at radius 2 is 1.58 bits per heavy atom. The third-order valence-electron chi connectivity index (χ3n) is 3.83. The van der Waals surface area contributed by atoms with Crippen molar-refractivity contribution in [3.63, 3.8) is 0 Å². The lowest BCUT2D eigenvalue weighted by Crippen LogP contribution is -2.85. The Morgan fingerprint density at radius 1 is 1.04 bits per heavy atom. The van der Waals surface area contributed by atoms with Crippen LogP contribution < -0.4 is 0 Å². The van der Waals surface area contributed by atoms with E-state index in [0.29, 0.717) is 0 Å². The summed E-state index contributed by atoms with van der Waals surface area (Å²) in [6.45, 7) is -5.56. The molecule has 0 aromatic heterocycles. The molecule has 24 heavy (non-hydrogen) atoms. The first-order chi connectivity index (χ1) is 12.9. The molecule has 0 spiro atoms. The van der Waals surface area contributed by atoms with E-state index < -0.39 is 85.4 Å². The molecule has 9 nitrogen and oxygen atoms in total. The van der Waals surface area contributed by atoms with Crippen molar-refractivity contribution in [2.75, 3.05) is 6.61 Å². The Morgan fingerprint density at radius 3 is 2.08 bits per heavy atom. The topological polar surface area (TPSA) is 147 Å². The molecule has 0 aliphatic carbocycles. The molecular weight excluding hydrogens is 392 g/mol. The van der Waals surface area contributed by atoms with Crippen molar-refractivity contribution >= 4 is 39.2 Å². The van der Waals surface area contributed by atoms with Crippen molar-refractivity contribution in [3.8, 4) is 0 Å². The van der Waals surface area contributed by atoms with Crippen LogP contribution >= 0.6 is 15.9 Å². The summed E-state index contributed by atoms with van der Waals surface area (Å²) in [5.41, 5.74) is -10.5.